The van der Waals surface area contributed by atoms with Gasteiger partial charge in [-0.3, -0.25) is 0 Å². The molecule has 112 valence electrons. The van der Waals surface area contributed by atoms with E-state index in [0.717, 1.165) is 35.5 Å². The van der Waals surface area contributed by atoms with Crippen LogP contribution in [0, 0.1) is 12.7 Å². The highest BCUT2D eigenvalue weighted by atomic mass is 35.5. The van der Waals surface area contributed by atoms with E-state index in [9.17, 15) is 4.39 Å². The molecular formula is C18H21ClFN. The van der Waals surface area contributed by atoms with Crippen molar-refractivity contribution in [2.45, 2.75) is 32.7 Å². The van der Waals surface area contributed by atoms with E-state index in [-0.39, 0.29) is 11.9 Å². The van der Waals surface area contributed by atoms with Crippen molar-refractivity contribution in [2.75, 3.05) is 6.54 Å². The van der Waals surface area contributed by atoms with E-state index in [1.807, 2.05) is 31.2 Å². The minimum absolute atomic E-state index is 0.183. The van der Waals surface area contributed by atoms with E-state index in [2.05, 4.69) is 18.3 Å². The summed E-state index contributed by atoms with van der Waals surface area (Å²) in [5, 5.41) is 4.29. The summed E-state index contributed by atoms with van der Waals surface area (Å²) < 4.78 is 13.2. The third-order valence-electron chi connectivity index (χ3n) is 3.62. The molecule has 1 atom stereocenters. The van der Waals surface area contributed by atoms with Gasteiger partial charge in [-0.2, -0.15) is 0 Å². The zero-order valence-corrected chi connectivity index (χ0v) is 13.3. The van der Waals surface area contributed by atoms with Crippen LogP contribution in [-0.2, 0) is 6.42 Å². The van der Waals surface area contributed by atoms with E-state index in [1.165, 1.54) is 11.6 Å². The molecule has 21 heavy (non-hydrogen) atoms. The maximum atomic E-state index is 13.2. The first-order valence-corrected chi connectivity index (χ1v) is 7.72. The van der Waals surface area contributed by atoms with E-state index < -0.39 is 0 Å². The summed E-state index contributed by atoms with van der Waals surface area (Å²) in [7, 11) is 0. The normalized spacial score (nSPS) is 12.4. The molecule has 0 heterocycles. The number of hydrogen-bond acceptors (Lipinski definition) is 1. The highest BCUT2D eigenvalue weighted by Gasteiger charge is 2.13. The topological polar surface area (TPSA) is 12.0 Å². The van der Waals surface area contributed by atoms with Gasteiger partial charge in [0.25, 0.3) is 0 Å². The number of rotatable bonds is 6. The van der Waals surface area contributed by atoms with Crippen molar-refractivity contribution in [1.82, 2.24) is 5.32 Å². The molecule has 0 saturated carbocycles. The Morgan fingerprint density at radius 2 is 2.00 bits per heavy atom. The molecule has 0 aliphatic heterocycles. The van der Waals surface area contributed by atoms with Crippen LogP contribution in [0.1, 0.15) is 36.1 Å². The van der Waals surface area contributed by atoms with Crippen LogP contribution in [-0.4, -0.2) is 6.54 Å². The van der Waals surface area contributed by atoms with Crippen LogP contribution in [0.5, 0.6) is 0 Å². The zero-order valence-electron chi connectivity index (χ0n) is 12.5. The molecule has 2 aromatic rings. The van der Waals surface area contributed by atoms with E-state index in [4.69, 9.17) is 11.6 Å². The molecule has 0 spiro atoms. The monoisotopic (exact) mass is 305 g/mol. The molecule has 1 N–H and O–H groups in total. The lowest BCUT2D eigenvalue weighted by atomic mass is 9.96. The molecule has 0 bridgehead atoms. The molecule has 2 aromatic carbocycles. The first kappa shape index (κ1) is 16.0. The molecule has 1 nitrogen and oxygen atoms in total. The zero-order chi connectivity index (χ0) is 15.2. The number of hydrogen-bond donors (Lipinski definition) is 1. The molecule has 0 aromatic heterocycles. The van der Waals surface area contributed by atoms with Crippen LogP contribution in [0.2, 0.25) is 5.02 Å². The maximum Gasteiger partial charge on any atom is 0.123 e. The van der Waals surface area contributed by atoms with Gasteiger partial charge in [0.1, 0.15) is 5.82 Å². The van der Waals surface area contributed by atoms with Crippen molar-refractivity contribution < 1.29 is 4.39 Å². The van der Waals surface area contributed by atoms with Crippen molar-refractivity contribution in [3.63, 3.8) is 0 Å². The van der Waals surface area contributed by atoms with Crippen molar-refractivity contribution in [3.8, 4) is 0 Å². The number of benzene rings is 2. The quantitative estimate of drug-likeness (QED) is 0.785. The molecule has 3 heteroatoms. The summed E-state index contributed by atoms with van der Waals surface area (Å²) in [6.07, 6.45) is 1.89. The Kier molecular flexibility index (Phi) is 5.77. The highest BCUT2D eigenvalue weighted by molar-refractivity contribution is 6.30. The SMILES string of the molecule is CCCNC(Cc1ccc(F)cc1C)c1cccc(Cl)c1. The fraction of sp³-hybridized carbons (Fsp3) is 0.333. The van der Waals surface area contributed by atoms with Crippen molar-refractivity contribution in [2.24, 2.45) is 0 Å². The Balaban J connectivity index is 2.23. The van der Waals surface area contributed by atoms with E-state index in [0.29, 0.717) is 0 Å². The average molecular weight is 306 g/mol. The van der Waals surface area contributed by atoms with Gasteiger partial charge in [-0.1, -0.05) is 36.7 Å². The summed E-state index contributed by atoms with van der Waals surface area (Å²) in [5.41, 5.74) is 3.31. The summed E-state index contributed by atoms with van der Waals surface area (Å²) in [6, 6.07) is 13.1. The fourth-order valence-corrected chi connectivity index (χ4v) is 2.66. The Bertz CT molecular complexity index is 598. The maximum absolute atomic E-state index is 13.2. The Labute approximate surface area is 131 Å². The fourth-order valence-electron chi connectivity index (χ4n) is 2.46. The summed E-state index contributed by atoms with van der Waals surface area (Å²) in [6.45, 7) is 5.04. The number of nitrogens with one attached hydrogen (secondary N) is 1. The van der Waals surface area contributed by atoms with Crippen LogP contribution >= 0.6 is 11.6 Å². The van der Waals surface area contributed by atoms with Crippen molar-refractivity contribution >= 4 is 11.6 Å². The third kappa shape index (κ3) is 4.55. The first-order valence-electron chi connectivity index (χ1n) is 7.34. The van der Waals surface area contributed by atoms with Crippen LogP contribution in [0.4, 0.5) is 4.39 Å². The summed E-state index contributed by atoms with van der Waals surface area (Å²) >= 11 is 6.10. The second-order valence-corrected chi connectivity index (χ2v) is 5.77. The Hall–Kier alpha value is -1.38. The van der Waals surface area contributed by atoms with Crippen molar-refractivity contribution in [3.05, 3.63) is 70.0 Å². The van der Waals surface area contributed by atoms with Gasteiger partial charge in [0.15, 0.2) is 0 Å². The van der Waals surface area contributed by atoms with Gasteiger partial charge in [0.05, 0.1) is 0 Å². The average Bonchev–Trinajstić information content (AvgIpc) is 2.45. The van der Waals surface area contributed by atoms with Gasteiger partial charge in [-0.25, -0.2) is 4.39 Å². The molecular weight excluding hydrogens is 285 g/mol. The standard InChI is InChI=1S/C18H21ClFN/c1-3-9-21-18(15-5-4-6-16(19)11-15)12-14-7-8-17(20)10-13(14)2/h4-8,10-11,18,21H,3,9,12H2,1-2H3. The Morgan fingerprint density at radius 3 is 2.67 bits per heavy atom. The largest absolute Gasteiger partial charge is 0.310 e. The Morgan fingerprint density at radius 1 is 1.19 bits per heavy atom. The van der Waals surface area contributed by atoms with Gasteiger partial charge >= 0.3 is 0 Å². The second kappa shape index (κ2) is 7.58. The molecule has 2 rings (SSSR count). The lowest BCUT2D eigenvalue weighted by molar-refractivity contribution is 0.527. The molecule has 0 fully saturated rings. The minimum Gasteiger partial charge on any atom is -0.310 e. The molecule has 0 radical (unpaired) electrons. The number of aryl methyl sites for hydroxylation is 1. The predicted molar refractivity (Wildman–Crippen MR) is 87.3 cm³/mol. The van der Waals surface area contributed by atoms with Gasteiger partial charge in [-0.05, 0) is 67.3 Å². The minimum atomic E-state index is -0.183. The van der Waals surface area contributed by atoms with Gasteiger partial charge in [-0.15, -0.1) is 0 Å². The first-order chi connectivity index (χ1) is 10.1. The van der Waals surface area contributed by atoms with Crippen LogP contribution in [0.15, 0.2) is 42.5 Å². The highest BCUT2D eigenvalue weighted by Crippen LogP contribution is 2.23. The summed E-state index contributed by atoms with van der Waals surface area (Å²) in [5.74, 6) is -0.183. The molecule has 1 unspecified atom stereocenters. The molecule has 0 aliphatic carbocycles. The van der Waals surface area contributed by atoms with Crippen LogP contribution in [0.25, 0.3) is 0 Å². The lowest BCUT2D eigenvalue weighted by Crippen LogP contribution is -2.24. The van der Waals surface area contributed by atoms with E-state index >= 15 is 0 Å². The smallest absolute Gasteiger partial charge is 0.123 e. The predicted octanol–water partition coefficient (Wildman–Crippen LogP) is 5.07. The molecule has 0 saturated heterocycles. The van der Waals surface area contributed by atoms with Crippen LogP contribution < -0.4 is 5.32 Å². The third-order valence-corrected chi connectivity index (χ3v) is 3.86. The van der Waals surface area contributed by atoms with E-state index in [1.54, 1.807) is 6.07 Å². The van der Waals surface area contributed by atoms with Crippen LogP contribution in [0.3, 0.4) is 0 Å². The second-order valence-electron chi connectivity index (χ2n) is 5.34. The van der Waals surface area contributed by atoms with Crippen molar-refractivity contribution in [1.29, 1.82) is 0 Å². The molecule has 0 aliphatic rings. The van der Waals surface area contributed by atoms with Gasteiger partial charge in [0, 0.05) is 11.1 Å². The molecule has 0 amide bonds. The summed E-state index contributed by atoms with van der Waals surface area (Å²) in [4.78, 5) is 0. The lowest BCUT2D eigenvalue weighted by Gasteiger charge is -2.20. The van der Waals surface area contributed by atoms with Gasteiger partial charge < -0.3 is 5.32 Å². The van der Waals surface area contributed by atoms with Gasteiger partial charge in [0.2, 0.25) is 0 Å². The number of halogens is 2.